The molecule has 2 aromatic carbocycles. The number of piperidine rings is 1. The molecule has 1 aromatic heterocycles. The molecule has 3 aliphatic rings. The zero-order chi connectivity index (χ0) is 21.0. The molecule has 3 aliphatic heterocycles. The van der Waals surface area contributed by atoms with Crippen LogP contribution in [0.25, 0.3) is 0 Å². The van der Waals surface area contributed by atoms with Crippen molar-refractivity contribution in [3.63, 3.8) is 0 Å². The number of nitrogens with zero attached hydrogens (tertiary/aromatic N) is 2. The van der Waals surface area contributed by atoms with Crippen molar-refractivity contribution in [2.45, 2.75) is 53.2 Å². The lowest BCUT2D eigenvalue weighted by Crippen LogP contribution is -2.52. The van der Waals surface area contributed by atoms with E-state index in [1.165, 1.54) is 0 Å². The highest BCUT2D eigenvalue weighted by Crippen LogP contribution is 2.49. The van der Waals surface area contributed by atoms with Crippen LogP contribution in [0.2, 0.25) is 0 Å². The molecule has 6 rings (SSSR count). The van der Waals surface area contributed by atoms with Crippen molar-refractivity contribution in [2.24, 2.45) is 0 Å². The Balaban J connectivity index is 1.28. The fraction of sp³-hybridized carbons (Fsp3) is 0.320. The molecule has 0 aliphatic carbocycles. The summed E-state index contributed by atoms with van der Waals surface area (Å²) < 4.78 is 5.54. The molecule has 0 unspecified atom stereocenters. The summed E-state index contributed by atoms with van der Waals surface area (Å²) in [5.74, 6) is 0.729. The maximum Gasteiger partial charge on any atom is 0.245 e. The maximum atomic E-state index is 13.7. The third-order valence-corrected chi connectivity index (χ3v) is 8.03. The van der Waals surface area contributed by atoms with Crippen molar-refractivity contribution in [3.05, 3.63) is 72.7 Å². The molecule has 0 radical (unpaired) electrons. The van der Waals surface area contributed by atoms with Gasteiger partial charge >= 0.3 is 0 Å². The number of para-hydroxylation sites is 2. The Bertz CT molecular complexity index is 1070. The molecule has 0 saturated carbocycles. The molecule has 2 saturated heterocycles. The van der Waals surface area contributed by atoms with Crippen LogP contribution in [0.4, 0.5) is 11.4 Å². The summed E-state index contributed by atoms with van der Waals surface area (Å²) in [6.45, 7) is 0.358. The van der Waals surface area contributed by atoms with Crippen molar-refractivity contribution in [3.8, 4) is 0 Å². The minimum absolute atomic E-state index is 0.0838. The SMILES string of the molecule is O=C(CN1[C@H]2CC[C@H]1CC(O)(c1ccco1)C2)N1c2ccccc2Sc2ccccc21. The van der Waals surface area contributed by atoms with Crippen LogP contribution in [-0.2, 0) is 10.4 Å². The fourth-order valence-corrected chi connectivity index (χ4v) is 6.58. The smallest absolute Gasteiger partial charge is 0.245 e. The molecular formula is C25H24N2O3S. The molecule has 0 spiro atoms. The fourth-order valence-electron chi connectivity index (χ4n) is 5.52. The number of amides is 1. The monoisotopic (exact) mass is 432 g/mol. The van der Waals surface area contributed by atoms with E-state index in [0.717, 1.165) is 34.0 Å². The first-order valence-electron chi connectivity index (χ1n) is 10.8. The molecule has 1 amide bonds. The van der Waals surface area contributed by atoms with E-state index in [9.17, 15) is 9.90 Å². The average Bonchev–Trinajstić information content (AvgIpc) is 3.40. The van der Waals surface area contributed by atoms with Gasteiger partial charge in [0.15, 0.2) is 0 Å². The molecule has 31 heavy (non-hydrogen) atoms. The molecule has 4 heterocycles. The Morgan fingerprint density at radius 3 is 2.16 bits per heavy atom. The molecule has 5 nitrogen and oxygen atoms in total. The van der Waals surface area contributed by atoms with E-state index in [1.807, 2.05) is 53.4 Å². The highest BCUT2D eigenvalue weighted by atomic mass is 32.2. The van der Waals surface area contributed by atoms with Gasteiger partial charge in [-0.2, -0.15) is 0 Å². The van der Waals surface area contributed by atoms with Crippen LogP contribution in [0.3, 0.4) is 0 Å². The number of carbonyl (C=O) groups is 1. The second-order valence-corrected chi connectivity index (χ2v) is 9.82. The number of hydrogen-bond acceptors (Lipinski definition) is 5. The third kappa shape index (κ3) is 3.13. The van der Waals surface area contributed by atoms with Crippen LogP contribution < -0.4 is 4.90 Å². The number of furan rings is 1. The number of benzene rings is 2. The summed E-state index contributed by atoms with van der Waals surface area (Å²) in [7, 11) is 0. The number of fused-ring (bicyclic) bond motifs is 4. The van der Waals surface area contributed by atoms with Gasteiger partial charge in [0.05, 0.1) is 24.2 Å². The number of anilines is 2. The van der Waals surface area contributed by atoms with Crippen LogP contribution in [0.1, 0.15) is 31.4 Å². The third-order valence-electron chi connectivity index (χ3n) is 6.90. The first-order valence-corrected chi connectivity index (χ1v) is 11.6. The molecule has 2 fully saturated rings. The van der Waals surface area contributed by atoms with E-state index in [1.54, 1.807) is 18.0 Å². The lowest BCUT2D eigenvalue weighted by atomic mass is 9.84. The van der Waals surface area contributed by atoms with E-state index in [0.29, 0.717) is 25.1 Å². The molecule has 6 heteroatoms. The Morgan fingerprint density at radius 2 is 1.58 bits per heavy atom. The molecular weight excluding hydrogens is 408 g/mol. The van der Waals surface area contributed by atoms with Crippen molar-refractivity contribution >= 4 is 29.0 Å². The zero-order valence-corrected chi connectivity index (χ0v) is 17.9. The number of rotatable bonds is 3. The van der Waals surface area contributed by atoms with Gasteiger partial charge < -0.3 is 9.52 Å². The highest BCUT2D eigenvalue weighted by Gasteiger charge is 2.50. The lowest BCUT2D eigenvalue weighted by molar-refractivity contribution is -0.123. The summed E-state index contributed by atoms with van der Waals surface area (Å²) in [5, 5.41) is 11.3. The number of carbonyl (C=O) groups excluding carboxylic acids is 1. The van der Waals surface area contributed by atoms with Gasteiger partial charge in [0.1, 0.15) is 11.4 Å². The topological polar surface area (TPSA) is 56.9 Å². The predicted octanol–water partition coefficient (Wildman–Crippen LogP) is 4.92. The second kappa shape index (κ2) is 7.26. The van der Waals surface area contributed by atoms with E-state index >= 15 is 0 Å². The minimum Gasteiger partial charge on any atom is -0.466 e. The number of hydrogen-bond donors (Lipinski definition) is 1. The molecule has 1 N–H and O–H groups in total. The summed E-state index contributed by atoms with van der Waals surface area (Å²) in [6.07, 6.45) is 4.84. The first kappa shape index (κ1) is 19.2. The van der Waals surface area contributed by atoms with E-state index in [-0.39, 0.29) is 18.0 Å². The minimum atomic E-state index is -0.935. The van der Waals surface area contributed by atoms with E-state index in [4.69, 9.17) is 4.42 Å². The molecule has 2 atom stereocenters. The van der Waals surface area contributed by atoms with Crippen molar-refractivity contribution in [1.82, 2.24) is 4.90 Å². The summed E-state index contributed by atoms with van der Waals surface area (Å²) in [6, 6.07) is 20.3. The van der Waals surface area contributed by atoms with Gasteiger partial charge in [-0.05, 0) is 62.1 Å². The molecule has 2 bridgehead atoms. The summed E-state index contributed by atoms with van der Waals surface area (Å²) in [5.41, 5.74) is 0.968. The van der Waals surface area contributed by atoms with Gasteiger partial charge in [0.2, 0.25) is 5.91 Å². The van der Waals surface area contributed by atoms with Gasteiger partial charge in [-0.1, -0.05) is 36.0 Å². The zero-order valence-electron chi connectivity index (χ0n) is 17.1. The second-order valence-electron chi connectivity index (χ2n) is 8.74. The molecule has 158 valence electrons. The van der Waals surface area contributed by atoms with Gasteiger partial charge in [0, 0.05) is 21.9 Å². The van der Waals surface area contributed by atoms with Crippen LogP contribution in [0, 0.1) is 0 Å². The Morgan fingerprint density at radius 1 is 0.968 bits per heavy atom. The summed E-state index contributed by atoms with van der Waals surface area (Å²) in [4.78, 5) is 20.1. The summed E-state index contributed by atoms with van der Waals surface area (Å²) >= 11 is 1.71. The van der Waals surface area contributed by atoms with E-state index < -0.39 is 5.60 Å². The number of aliphatic hydroxyl groups is 1. The molecule has 3 aromatic rings. The van der Waals surface area contributed by atoms with Crippen molar-refractivity contribution in [1.29, 1.82) is 0 Å². The quantitative estimate of drug-likeness (QED) is 0.636. The van der Waals surface area contributed by atoms with Gasteiger partial charge in [0.25, 0.3) is 0 Å². The van der Waals surface area contributed by atoms with Gasteiger partial charge in [-0.3, -0.25) is 14.6 Å². The largest absolute Gasteiger partial charge is 0.466 e. The Labute approximate surface area is 185 Å². The normalized spacial score (nSPS) is 27.1. The van der Waals surface area contributed by atoms with Gasteiger partial charge in [-0.15, -0.1) is 0 Å². The average molecular weight is 433 g/mol. The lowest BCUT2D eigenvalue weighted by Gasteiger charge is -2.43. The Hall–Kier alpha value is -2.54. The van der Waals surface area contributed by atoms with Gasteiger partial charge in [-0.25, -0.2) is 0 Å². The van der Waals surface area contributed by atoms with Crippen molar-refractivity contribution in [2.75, 3.05) is 11.4 Å². The van der Waals surface area contributed by atoms with Crippen LogP contribution in [0.5, 0.6) is 0 Å². The maximum absolute atomic E-state index is 13.7. The predicted molar refractivity (Wildman–Crippen MR) is 120 cm³/mol. The first-order chi connectivity index (χ1) is 15.1. The van der Waals surface area contributed by atoms with E-state index in [2.05, 4.69) is 17.0 Å². The standard InChI is InChI=1S/C25H24N2O3S/c28-24(27-19-6-1-3-8-21(19)31-22-9-4-2-7-20(22)27)16-26-17-11-12-18(26)15-25(29,14-17)23-10-5-13-30-23/h1-10,13,17-18,29H,11-12,14-16H2/t17-,18-/m0/s1. The van der Waals surface area contributed by atoms with Crippen molar-refractivity contribution < 1.29 is 14.3 Å². The highest BCUT2D eigenvalue weighted by molar-refractivity contribution is 7.99. The Kier molecular flexibility index (Phi) is 4.49. The van der Waals surface area contributed by atoms with Crippen LogP contribution >= 0.6 is 11.8 Å². The van der Waals surface area contributed by atoms with Crippen LogP contribution in [-0.4, -0.2) is 34.5 Å². The van der Waals surface area contributed by atoms with Crippen LogP contribution in [0.15, 0.2) is 81.1 Å².